The summed E-state index contributed by atoms with van der Waals surface area (Å²) in [4.78, 5) is 33.0. The molecule has 4 rings (SSSR count). The molecule has 1 saturated carbocycles. The van der Waals surface area contributed by atoms with E-state index in [4.69, 9.17) is 16.1 Å². The van der Waals surface area contributed by atoms with Crippen LogP contribution in [0.3, 0.4) is 0 Å². The Hall–Kier alpha value is -2.41. The summed E-state index contributed by atoms with van der Waals surface area (Å²) in [6.07, 6.45) is 3.83. The summed E-state index contributed by atoms with van der Waals surface area (Å²) >= 11 is 6.18. The average molecular weight is 417 g/mol. The predicted octanol–water partition coefficient (Wildman–Crippen LogP) is 2.84. The van der Waals surface area contributed by atoms with Gasteiger partial charge in [-0.3, -0.25) is 9.59 Å². The van der Waals surface area contributed by atoms with Gasteiger partial charge in [0.05, 0.1) is 12.5 Å². The SMILES string of the molecule is CC(=O)N(CCc1noc(C2CC2)n1)C1CCN(C(=O)Cc2ccccc2Cl)C1. The van der Waals surface area contributed by atoms with Gasteiger partial charge in [0.15, 0.2) is 5.82 Å². The average Bonchev–Trinajstić information content (AvgIpc) is 3.24. The van der Waals surface area contributed by atoms with Gasteiger partial charge >= 0.3 is 0 Å². The number of halogens is 1. The lowest BCUT2D eigenvalue weighted by Crippen LogP contribution is -2.43. The summed E-state index contributed by atoms with van der Waals surface area (Å²) in [6.45, 7) is 3.28. The molecule has 2 aliphatic rings. The fraction of sp³-hybridized carbons (Fsp3) is 0.524. The van der Waals surface area contributed by atoms with Crippen molar-refractivity contribution in [2.24, 2.45) is 0 Å². The molecule has 1 aromatic heterocycles. The molecule has 2 fully saturated rings. The molecule has 8 heteroatoms. The smallest absolute Gasteiger partial charge is 0.229 e. The maximum Gasteiger partial charge on any atom is 0.229 e. The monoisotopic (exact) mass is 416 g/mol. The summed E-state index contributed by atoms with van der Waals surface area (Å²) < 4.78 is 5.29. The van der Waals surface area contributed by atoms with Crippen LogP contribution >= 0.6 is 11.6 Å². The Labute approximate surface area is 175 Å². The van der Waals surface area contributed by atoms with E-state index >= 15 is 0 Å². The van der Waals surface area contributed by atoms with Gasteiger partial charge in [-0.1, -0.05) is 35.0 Å². The molecule has 1 unspecified atom stereocenters. The van der Waals surface area contributed by atoms with Crippen LogP contribution in [-0.4, -0.2) is 57.4 Å². The second-order valence-electron chi connectivity index (χ2n) is 7.84. The Balaban J connectivity index is 1.33. The second-order valence-corrected chi connectivity index (χ2v) is 8.24. The number of benzene rings is 1. The molecule has 154 valence electrons. The zero-order chi connectivity index (χ0) is 20.4. The van der Waals surface area contributed by atoms with Crippen molar-refractivity contribution in [1.82, 2.24) is 19.9 Å². The van der Waals surface area contributed by atoms with Gasteiger partial charge in [-0.15, -0.1) is 0 Å². The number of aromatic nitrogens is 2. The number of rotatable bonds is 7. The molecule has 29 heavy (non-hydrogen) atoms. The topological polar surface area (TPSA) is 79.5 Å². The van der Waals surface area contributed by atoms with Crippen LogP contribution in [0.4, 0.5) is 0 Å². The standard InChI is InChI=1S/C21H25ClN4O3/c1-14(27)26(11-9-19-23-21(29-24-19)15-6-7-15)17-8-10-25(13-17)20(28)12-16-4-2-3-5-18(16)22/h2-5,15,17H,6-13H2,1H3. The van der Waals surface area contributed by atoms with Gasteiger partial charge in [0.25, 0.3) is 0 Å². The Morgan fingerprint density at radius 3 is 2.79 bits per heavy atom. The third-order valence-electron chi connectivity index (χ3n) is 5.65. The van der Waals surface area contributed by atoms with Gasteiger partial charge in [0, 0.05) is 43.9 Å². The molecule has 0 bridgehead atoms. The maximum atomic E-state index is 12.7. The van der Waals surface area contributed by atoms with Crippen LogP contribution in [0.25, 0.3) is 0 Å². The van der Waals surface area contributed by atoms with Crippen molar-refractivity contribution in [2.75, 3.05) is 19.6 Å². The summed E-state index contributed by atoms with van der Waals surface area (Å²) in [5.74, 6) is 1.82. The Morgan fingerprint density at radius 1 is 1.28 bits per heavy atom. The van der Waals surface area contributed by atoms with Crippen LogP contribution in [0.15, 0.2) is 28.8 Å². The van der Waals surface area contributed by atoms with Gasteiger partial charge in [-0.2, -0.15) is 4.98 Å². The molecule has 2 heterocycles. The zero-order valence-corrected chi connectivity index (χ0v) is 17.3. The molecule has 1 aliphatic carbocycles. The number of hydrogen-bond acceptors (Lipinski definition) is 5. The predicted molar refractivity (Wildman–Crippen MR) is 108 cm³/mol. The van der Waals surface area contributed by atoms with E-state index in [9.17, 15) is 9.59 Å². The van der Waals surface area contributed by atoms with Crippen molar-refractivity contribution in [2.45, 2.75) is 51.0 Å². The first-order valence-electron chi connectivity index (χ1n) is 10.1. The minimum atomic E-state index is 0.00122. The van der Waals surface area contributed by atoms with E-state index in [1.807, 2.05) is 28.0 Å². The molecule has 1 saturated heterocycles. The van der Waals surface area contributed by atoms with Gasteiger partial charge in [0.1, 0.15) is 0 Å². The quantitative estimate of drug-likeness (QED) is 0.693. The molecule has 2 amide bonds. The molecule has 1 aliphatic heterocycles. The van der Waals surface area contributed by atoms with Crippen molar-refractivity contribution >= 4 is 23.4 Å². The van der Waals surface area contributed by atoms with Gasteiger partial charge in [-0.25, -0.2) is 0 Å². The van der Waals surface area contributed by atoms with E-state index in [0.29, 0.717) is 48.7 Å². The highest BCUT2D eigenvalue weighted by Crippen LogP contribution is 2.38. The lowest BCUT2D eigenvalue weighted by Gasteiger charge is -2.27. The Bertz CT molecular complexity index is 896. The van der Waals surface area contributed by atoms with E-state index in [1.165, 1.54) is 0 Å². The number of hydrogen-bond donors (Lipinski definition) is 0. The molecular weight excluding hydrogens is 392 g/mol. The van der Waals surface area contributed by atoms with Crippen LogP contribution < -0.4 is 0 Å². The lowest BCUT2D eigenvalue weighted by molar-refractivity contribution is -0.133. The van der Waals surface area contributed by atoms with E-state index in [-0.39, 0.29) is 24.3 Å². The third-order valence-corrected chi connectivity index (χ3v) is 6.02. The molecule has 0 radical (unpaired) electrons. The fourth-order valence-corrected chi connectivity index (χ4v) is 4.02. The third kappa shape index (κ3) is 4.78. The number of likely N-dealkylation sites (tertiary alicyclic amines) is 1. The summed E-state index contributed by atoms with van der Waals surface area (Å²) in [5, 5.41) is 4.64. The first kappa shape index (κ1) is 19.9. The van der Waals surface area contributed by atoms with E-state index < -0.39 is 0 Å². The van der Waals surface area contributed by atoms with Crippen molar-refractivity contribution in [3.05, 3.63) is 46.6 Å². The van der Waals surface area contributed by atoms with Crippen LogP contribution in [-0.2, 0) is 22.4 Å². The van der Waals surface area contributed by atoms with Gasteiger partial charge < -0.3 is 14.3 Å². The first-order chi connectivity index (χ1) is 14.0. The minimum Gasteiger partial charge on any atom is -0.340 e. The number of carbonyl (C=O) groups is 2. The zero-order valence-electron chi connectivity index (χ0n) is 16.5. The van der Waals surface area contributed by atoms with Crippen molar-refractivity contribution in [1.29, 1.82) is 0 Å². The van der Waals surface area contributed by atoms with Crippen LogP contribution in [0.2, 0.25) is 5.02 Å². The molecule has 0 N–H and O–H groups in total. The molecule has 2 aromatic rings. The Morgan fingerprint density at radius 2 is 2.07 bits per heavy atom. The molecule has 7 nitrogen and oxygen atoms in total. The van der Waals surface area contributed by atoms with Crippen molar-refractivity contribution in [3.63, 3.8) is 0 Å². The summed E-state index contributed by atoms with van der Waals surface area (Å²) in [7, 11) is 0. The molecule has 1 atom stereocenters. The number of nitrogens with zero attached hydrogens (tertiary/aromatic N) is 4. The maximum absolute atomic E-state index is 12.7. The lowest BCUT2D eigenvalue weighted by atomic mass is 10.1. The first-order valence-corrected chi connectivity index (χ1v) is 10.5. The van der Waals surface area contributed by atoms with E-state index in [1.54, 1.807) is 13.0 Å². The highest BCUT2D eigenvalue weighted by atomic mass is 35.5. The number of amides is 2. The second kappa shape index (κ2) is 8.53. The Kier molecular flexibility index (Phi) is 5.85. The van der Waals surface area contributed by atoms with E-state index in [0.717, 1.165) is 24.8 Å². The number of carbonyl (C=O) groups excluding carboxylic acids is 2. The minimum absolute atomic E-state index is 0.00122. The van der Waals surface area contributed by atoms with Gasteiger partial charge in [-0.05, 0) is 30.9 Å². The van der Waals surface area contributed by atoms with Crippen LogP contribution in [0.1, 0.15) is 49.4 Å². The highest BCUT2D eigenvalue weighted by Gasteiger charge is 2.32. The highest BCUT2D eigenvalue weighted by molar-refractivity contribution is 6.31. The van der Waals surface area contributed by atoms with E-state index in [2.05, 4.69) is 10.1 Å². The molecular formula is C21H25ClN4O3. The fourth-order valence-electron chi connectivity index (χ4n) is 3.82. The summed E-state index contributed by atoms with van der Waals surface area (Å²) in [5.41, 5.74) is 0.828. The van der Waals surface area contributed by atoms with Crippen LogP contribution in [0, 0.1) is 0 Å². The van der Waals surface area contributed by atoms with Gasteiger partial charge in [0.2, 0.25) is 17.7 Å². The molecule has 0 spiro atoms. The normalized spacial score (nSPS) is 18.8. The molecule has 1 aromatic carbocycles. The van der Waals surface area contributed by atoms with Crippen molar-refractivity contribution in [3.8, 4) is 0 Å². The van der Waals surface area contributed by atoms with Crippen molar-refractivity contribution < 1.29 is 14.1 Å². The largest absolute Gasteiger partial charge is 0.340 e. The van der Waals surface area contributed by atoms with Crippen LogP contribution in [0.5, 0.6) is 0 Å². The summed E-state index contributed by atoms with van der Waals surface area (Å²) in [6, 6.07) is 7.41.